The van der Waals surface area contributed by atoms with E-state index in [0.29, 0.717) is 35.3 Å². The molecule has 1 saturated heterocycles. The summed E-state index contributed by atoms with van der Waals surface area (Å²) in [5.41, 5.74) is 2.97. The summed E-state index contributed by atoms with van der Waals surface area (Å²) >= 11 is 5.95. The summed E-state index contributed by atoms with van der Waals surface area (Å²) in [6.45, 7) is 18.4. The topological polar surface area (TPSA) is 105 Å². The van der Waals surface area contributed by atoms with Crippen molar-refractivity contribution in [3.63, 3.8) is 0 Å². The monoisotopic (exact) mass is 713 g/mol. The third-order valence-corrected chi connectivity index (χ3v) is 14.1. The normalized spacial score (nSPS) is 19.3. The van der Waals surface area contributed by atoms with E-state index in [-0.39, 0.29) is 21.8 Å². The second kappa shape index (κ2) is 13.4. The van der Waals surface area contributed by atoms with Gasteiger partial charge in [-0.2, -0.15) is 10.1 Å². The van der Waals surface area contributed by atoms with Crippen LogP contribution in [0.2, 0.25) is 30.7 Å². The Kier molecular flexibility index (Phi) is 9.91. The molecule has 1 saturated carbocycles. The lowest BCUT2D eigenvalue weighted by molar-refractivity contribution is 0.0899. The molecule has 2 aliphatic rings. The molecule has 0 bridgehead atoms. The summed E-state index contributed by atoms with van der Waals surface area (Å²) in [5, 5.41) is 6.60. The number of hydrogen-bond donors (Lipinski definition) is 1. The highest BCUT2D eigenvalue weighted by Gasteiger charge is 2.48. The number of benzene rings is 1. The van der Waals surface area contributed by atoms with Crippen molar-refractivity contribution in [3.8, 4) is 11.1 Å². The first-order chi connectivity index (χ1) is 22.6. The molecule has 0 amide bonds. The van der Waals surface area contributed by atoms with Crippen molar-refractivity contribution in [2.24, 2.45) is 12.5 Å². The number of anilines is 1. The van der Waals surface area contributed by atoms with E-state index in [1.54, 1.807) is 4.57 Å². The number of aryl methyl sites for hydroxylation is 1. The molecule has 1 unspecified atom stereocenters. The smallest absolute Gasteiger partial charge is 0.264 e. The van der Waals surface area contributed by atoms with Crippen LogP contribution in [-0.4, -0.2) is 67.0 Å². The minimum absolute atomic E-state index is 0.104. The summed E-state index contributed by atoms with van der Waals surface area (Å²) < 4.78 is 28.0. The van der Waals surface area contributed by atoms with Gasteiger partial charge in [-0.1, -0.05) is 43.7 Å². The molecule has 10 nitrogen and oxygen atoms in total. The zero-order chi connectivity index (χ0) is 34.6. The van der Waals surface area contributed by atoms with Crippen LogP contribution in [0.15, 0.2) is 29.3 Å². The van der Waals surface area contributed by atoms with E-state index >= 15 is 0 Å². The lowest BCUT2D eigenvalue weighted by Crippen LogP contribution is -2.53. The summed E-state index contributed by atoms with van der Waals surface area (Å²) in [6.07, 6.45) is 9.19. The molecule has 6 rings (SSSR count). The second-order valence-electron chi connectivity index (χ2n) is 16.0. The molecule has 1 aliphatic carbocycles. The molecule has 2 fully saturated rings. The molecule has 4 aromatic rings. The van der Waals surface area contributed by atoms with Crippen LogP contribution in [0.1, 0.15) is 59.8 Å². The number of aromatic nitrogens is 5. The number of hydrogen-bond acceptors (Lipinski definition) is 7. The Hall–Kier alpha value is -2.35. The molecule has 48 heavy (non-hydrogen) atoms. The molecular weight excluding hydrogens is 662 g/mol. The van der Waals surface area contributed by atoms with Gasteiger partial charge in [-0.3, -0.25) is 14.0 Å². The maximum absolute atomic E-state index is 14.3. The minimum Gasteiger partial charge on any atom is -0.598 e. The maximum Gasteiger partial charge on any atom is 0.264 e. The Morgan fingerprint density at radius 1 is 1.15 bits per heavy atom. The fraction of sp³-hybridized carbons (Fsp3) is 0.629. The van der Waals surface area contributed by atoms with E-state index < -0.39 is 19.4 Å². The van der Waals surface area contributed by atoms with E-state index in [1.807, 2.05) is 68.5 Å². The summed E-state index contributed by atoms with van der Waals surface area (Å²) in [5.74, 6) is 0.668. The van der Waals surface area contributed by atoms with Crippen molar-refractivity contribution in [2.75, 3.05) is 24.6 Å². The first-order valence-electron chi connectivity index (χ1n) is 17.4. The van der Waals surface area contributed by atoms with Crippen molar-refractivity contribution in [2.45, 2.75) is 110 Å². The van der Waals surface area contributed by atoms with Crippen molar-refractivity contribution in [1.29, 1.82) is 0 Å². The molecule has 2 atom stereocenters. The van der Waals surface area contributed by atoms with Crippen molar-refractivity contribution >= 4 is 58.9 Å². The van der Waals surface area contributed by atoms with Crippen molar-refractivity contribution in [1.82, 2.24) is 28.6 Å². The molecule has 262 valence electrons. The summed E-state index contributed by atoms with van der Waals surface area (Å²) in [4.78, 5) is 21.8. The fourth-order valence-electron chi connectivity index (χ4n) is 7.29. The minimum atomic E-state index is -1.27. The number of ether oxygens (including phenoxy) is 1. The highest BCUT2D eigenvalue weighted by molar-refractivity contribution is 7.90. The quantitative estimate of drug-likeness (QED) is 0.108. The molecular formula is C35H52ClN7O3SSi. The Labute approximate surface area is 293 Å². The Balaban J connectivity index is 1.35. The highest BCUT2D eigenvalue weighted by atomic mass is 35.5. The Morgan fingerprint density at radius 3 is 2.54 bits per heavy atom. The highest BCUT2D eigenvalue weighted by Crippen LogP contribution is 2.47. The van der Waals surface area contributed by atoms with Gasteiger partial charge in [0.05, 0.1) is 22.0 Å². The average Bonchev–Trinajstić information content (AvgIpc) is 3.73. The third kappa shape index (κ3) is 6.85. The van der Waals surface area contributed by atoms with Crippen LogP contribution in [-0.2, 0) is 36.4 Å². The van der Waals surface area contributed by atoms with Gasteiger partial charge in [0.2, 0.25) is 5.95 Å². The summed E-state index contributed by atoms with van der Waals surface area (Å²) in [6, 6.07) is 5.21. The van der Waals surface area contributed by atoms with Gasteiger partial charge in [-0.05, 0) is 70.9 Å². The van der Waals surface area contributed by atoms with Crippen LogP contribution in [0.5, 0.6) is 0 Å². The van der Waals surface area contributed by atoms with E-state index in [9.17, 15) is 9.35 Å². The first-order valence-corrected chi connectivity index (χ1v) is 22.6. The zero-order valence-electron chi connectivity index (χ0n) is 29.9. The van der Waals surface area contributed by atoms with Crippen molar-refractivity contribution < 1.29 is 9.29 Å². The largest absolute Gasteiger partial charge is 0.598 e. The van der Waals surface area contributed by atoms with Gasteiger partial charge in [0.25, 0.3) is 5.56 Å². The molecule has 1 N–H and O–H groups in total. The predicted molar refractivity (Wildman–Crippen MR) is 201 cm³/mol. The van der Waals surface area contributed by atoms with Crippen LogP contribution < -0.4 is 15.2 Å². The molecule has 1 spiro atoms. The van der Waals surface area contributed by atoms with E-state index in [0.717, 1.165) is 79.8 Å². The van der Waals surface area contributed by atoms with Crippen LogP contribution >= 0.6 is 11.6 Å². The standard InChI is InChI=1S/C35H52ClN7O3SSi/c1-9-43-22-26-27(38-43)13-12-24(30(26)36)25-21-42(23-46-19-20-48(6,7)8)31-29(25)32(44)40(5)33(37-31)41-17-15-35(16-18-41)14-10-11-28(35)39-47(45)34(2,3)4/h12-13,21-22,28,39H,9-11,14-20,23H2,1-8H3/t28-,47?/m1/s1. The molecule has 1 aliphatic heterocycles. The van der Waals surface area contributed by atoms with Crippen LogP contribution in [0.3, 0.4) is 0 Å². The second-order valence-corrected chi connectivity index (χ2v) is 24.0. The van der Waals surface area contributed by atoms with Gasteiger partial charge in [-0.15, -0.1) is 4.72 Å². The van der Waals surface area contributed by atoms with Crippen molar-refractivity contribution in [3.05, 3.63) is 39.9 Å². The van der Waals surface area contributed by atoms with Crippen LogP contribution in [0.4, 0.5) is 5.95 Å². The van der Waals surface area contributed by atoms with Gasteiger partial charge in [-0.25, -0.2) is 0 Å². The molecule has 0 radical (unpaired) electrons. The molecule has 4 heterocycles. The number of piperidine rings is 1. The zero-order valence-corrected chi connectivity index (χ0v) is 32.4. The van der Waals surface area contributed by atoms with Gasteiger partial charge < -0.3 is 18.8 Å². The Morgan fingerprint density at radius 2 is 1.88 bits per heavy atom. The molecule has 13 heteroatoms. The van der Waals surface area contributed by atoms with E-state index in [1.165, 1.54) is 0 Å². The van der Waals surface area contributed by atoms with E-state index in [2.05, 4.69) is 34.4 Å². The van der Waals surface area contributed by atoms with Gasteiger partial charge in [0, 0.05) is 81.6 Å². The number of rotatable bonds is 10. The number of fused-ring (bicyclic) bond motifs is 2. The van der Waals surface area contributed by atoms with Gasteiger partial charge in [0.1, 0.15) is 11.5 Å². The SMILES string of the molecule is CCn1cc2c(Cl)c(-c3cn(COCC[Si](C)(C)C)c4nc(N5CCC6(CCC[C@H]6N[S+]([O-])C(C)(C)C)CC5)n(C)c(=O)c34)ccc2n1. The maximum atomic E-state index is 14.3. The lowest BCUT2D eigenvalue weighted by Gasteiger charge is -2.44. The summed E-state index contributed by atoms with van der Waals surface area (Å²) in [7, 11) is 0.548. The van der Waals surface area contributed by atoms with Crippen LogP contribution in [0.25, 0.3) is 33.1 Å². The average molecular weight is 714 g/mol. The first kappa shape index (κ1) is 35.5. The van der Waals surface area contributed by atoms with Crippen LogP contribution in [0, 0.1) is 5.41 Å². The van der Waals surface area contributed by atoms with Gasteiger partial charge in [0.15, 0.2) is 5.65 Å². The van der Waals surface area contributed by atoms with Gasteiger partial charge >= 0.3 is 0 Å². The predicted octanol–water partition coefficient (Wildman–Crippen LogP) is 6.93. The third-order valence-electron chi connectivity index (χ3n) is 10.3. The number of nitrogens with one attached hydrogen (secondary N) is 1. The molecule has 1 aromatic carbocycles. The lowest BCUT2D eigenvalue weighted by atomic mass is 9.74. The van der Waals surface area contributed by atoms with E-state index in [4.69, 9.17) is 21.3 Å². The Bertz CT molecular complexity index is 1850. The fourth-order valence-corrected chi connectivity index (χ4v) is 9.34. The number of nitrogens with zero attached hydrogens (tertiary/aromatic N) is 6. The number of halogens is 1. The molecule has 3 aromatic heterocycles.